The zero-order chi connectivity index (χ0) is 13.8. The molecule has 100 valence electrons. The Bertz CT molecular complexity index is 566. The number of benzene rings is 1. The van der Waals surface area contributed by atoms with Crippen molar-refractivity contribution in [2.24, 2.45) is 5.73 Å². The number of nitrogens with zero attached hydrogens (tertiary/aromatic N) is 3. The van der Waals surface area contributed by atoms with E-state index in [2.05, 4.69) is 27.0 Å². The van der Waals surface area contributed by atoms with Gasteiger partial charge < -0.3 is 10.6 Å². The maximum absolute atomic E-state index is 5.67. The first-order valence-corrected chi connectivity index (χ1v) is 6.39. The summed E-state index contributed by atoms with van der Waals surface area (Å²) < 4.78 is 0. The molecule has 1 aromatic heterocycles. The monoisotopic (exact) mass is 256 g/mol. The number of anilines is 1. The molecule has 0 saturated carbocycles. The van der Waals surface area contributed by atoms with Crippen LogP contribution in [0.1, 0.15) is 22.5 Å². The van der Waals surface area contributed by atoms with Crippen molar-refractivity contribution in [1.82, 2.24) is 9.97 Å². The first-order chi connectivity index (χ1) is 9.10. The van der Waals surface area contributed by atoms with Gasteiger partial charge in [0.05, 0.1) is 11.4 Å². The third kappa shape index (κ3) is 3.29. The standard InChI is InChI=1S/C15H20N4/c1-11-9-17-12(2)15(18-11)19(3)10-14-6-4-5-13(7-14)8-16/h4-7,9H,8,10,16H2,1-3H3. The van der Waals surface area contributed by atoms with Gasteiger partial charge in [0.2, 0.25) is 0 Å². The minimum absolute atomic E-state index is 0.570. The summed E-state index contributed by atoms with van der Waals surface area (Å²) in [6.45, 7) is 5.31. The van der Waals surface area contributed by atoms with E-state index in [1.807, 2.05) is 33.0 Å². The zero-order valence-corrected chi connectivity index (χ0v) is 11.7. The van der Waals surface area contributed by atoms with Crippen LogP contribution in [0.15, 0.2) is 30.5 Å². The van der Waals surface area contributed by atoms with Crippen LogP contribution in [0, 0.1) is 13.8 Å². The molecule has 0 radical (unpaired) electrons. The Hall–Kier alpha value is -1.94. The average molecular weight is 256 g/mol. The average Bonchev–Trinajstić information content (AvgIpc) is 2.41. The number of rotatable bonds is 4. The van der Waals surface area contributed by atoms with E-state index in [4.69, 9.17) is 5.73 Å². The van der Waals surface area contributed by atoms with Gasteiger partial charge in [-0.25, -0.2) is 4.98 Å². The van der Waals surface area contributed by atoms with Crippen molar-refractivity contribution in [3.05, 3.63) is 53.0 Å². The van der Waals surface area contributed by atoms with Crippen molar-refractivity contribution >= 4 is 5.82 Å². The molecule has 0 aliphatic carbocycles. The zero-order valence-electron chi connectivity index (χ0n) is 11.7. The number of nitrogens with two attached hydrogens (primary N) is 1. The summed E-state index contributed by atoms with van der Waals surface area (Å²) in [6, 6.07) is 8.32. The molecule has 2 N–H and O–H groups in total. The summed E-state index contributed by atoms with van der Waals surface area (Å²) in [5, 5.41) is 0. The highest BCUT2D eigenvalue weighted by atomic mass is 15.2. The summed E-state index contributed by atoms with van der Waals surface area (Å²) in [7, 11) is 2.03. The van der Waals surface area contributed by atoms with Gasteiger partial charge >= 0.3 is 0 Å². The van der Waals surface area contributed by atoms with Crippen LogP contribution in [0.5, 0.6) is 0 Å². The smallest absolute Gasteiger partial charge is 0.150 e. The fourth-order valence-electron chi connectivity index (χ4n) is 2.09. The van der Waals surface area contributed by atoms with Gasteiger partial charge in [-0.2, -0.15) is 0 Å². The Morgan fingerprint density at radius 2 is 1.95 bits per heavy atom. The van der Waals surface area contributed by atoms with Crippen molar-refractivity contribution < 1.29 is 0 Å². The highest BCUT2D eigenvalue weighted by molar-refractivity contribution is 5.43. The topological polar surface area (TPSA) is 55.0 Å². The van der Waals surface area contributed by atoms with E-state index in [1.54, 1.807) is 6.20 Å². The highest BCUT2D eigenvalue weighted by Gasteiger charge is 2.08. The summed E-state index contributed by atoms with van der Waals surface area (Å²) >= 11 is 0. The molecule has 0 fully saturated rings. The number of hydrogen-bond acceptors (Lipinski definition) is 4. The molecule has 0 amide bonds. The summed E-state index contributed by atoms with van der Waals surface area (Å²) in [5.74, 6) is 0.929. The predicted molar refractivity (Wildman–Crippen MR) is 77.9 cm³/mol. The lowest BCUT2D eigenvalue weighted by Gasteiger charge is -2.20. The van der Waals surface area contributed by atoms with Crippen LogP contribution in [0.2, 0.25) is 0 Å². The Morgan fingerprint density at radius 3 is 2.68 bits per heavy atom. The second-order valence-corrected chi connectivity index (χ2v) is 4.80. The van der Waals surface area contributed by atoms with Gasteiger partial charge in [-0.15, -0.1) is 0 Å². The lowest BCUT2D eigenvalue weighted by Crippen LogP contribution is -2.20. The fourth-order valence-corrected chi connectivity index (χ4v) is 2.09. The number of aromatic nitrogens is 2. The molecule has 0 saturated heterocycles. The number of aryl methyl sites for hydroxylation is 2. The molecule has 0 atom stereocenters. The molecule has 0 aliphatic rings. The molecular formula is C15H20N4. The largest absolute Gasteiger partial charge is 0.354 e. The second-order valence-electron chi connectivity index (χ2n) is 4.80. The van der Waals surface area contributed by atoms with Gasteiger partial charge in [-0.05, 0) is 25.0 Å². The molecule has 0 bridgehead atoms. The molecule has 0 aliphatic heterocycles. The lowest BCUT2D eigenvalue weighted by molar-refractivity contribution is 0.866. The first kappa shape index (κ1) is 13.5. The van der Waals surface area contributed by atoms with Crippen LogP contribution in [-0.4, -0.2) is 17.0 Å². The lowest BCUT2D eigenvalue weighted by atomic mass is 10.1. The van der Waals surface area contributed by atoms with E-state index in [0.29, 0.717) is 6.54 Å². The Morgan fingerprint density at radius 1 is 1.21 bits per heavy atom. The number of hydrogen-bond donors (Lipinski definition) is 1. The molecule has 1 heterocycles. The van der Waals surface area contributed by atoms with Gasteiger partial charge in [0.15, 0.2) is 0 Å². The summed E-state index contributed by atoms with van der Waals surface area (Å²) in [5.41, 5.74) is 9.93. The van der Waals surface area contributed by atoms with Crippen LogP contribution in [0.3, 0.4) is 0 Å². The van der Waals surface area contributed by atoms with Gasteiger partial charge in [0, 0.05) is 26.3 Å². The molecule has 4 nitrogen and oxygen atoms in total. The van der Waals surface area contributed by atoms with E-state index in [9.17, 15) is 0 Å². The van der Waals surface area contributed by atoms with Crippen molar-refractivity contribution in [2.75, 3.05) is 11.9 Å². The minimum Gasteiger partial charge on any atom is -0.354 e. The van der Waals surface area contributed by atoms with Gasteiger partial charge in [0.25, 0.3) is 0 Å². The van der Waals surface area contributed by atoms with Crippen LogP contribution in [0.25, 0.3) is 0 Å². The maximum Gasteiger partial charge on any atom is 0.150 e. The van der Waals surface area contributed by atoms with E-state index in [1.165, 1.54) is 5.56 Å². The van der Waals surface area contributed by atoms with Crippen LogP contribution in [-0.2, 0) is 13.1 Å². The highest BCUT2D eigenvalue weighted by Crippen LogP contribution is 2.17. The molecule has 2 rings (SSSR count). The third-order valence-electron chi connectivity index (χ3n) is 3.06. The van der Waals surface area contributed by atoms with Crippen molar-refractivity contribution in [2.45, 2.75) is 26.9 Å². The normalized spacial score (nSPS) is 10.5. The Kier molecular flexibility index (Phi) is 4.12. The molecule has 2 aromatic rings. The second kappa shape index (κ2) is 5.80. The maximum atomic E-state index is 5.67. The van der Waals surface area contributed by atoms with Gasteiger partial charge in [0.1, 0.15) is 5.82 Å². The minimum atomic E-state index is 0.570. The van der Waals surface area contributed by atoms with Crippen molar-refractivity contribution in [1.29, 1.82) is 0 Å². The van der Waals surface area contributed by atoms with E-state index in [0.717, 1.165) is 29.3 Å². The summed E-state index contributed by atoms with van der Waals surface area (Å²) in [4.78, 5) is 11.0. The SMILES string of the molecule is Cc1cnc(C)c(N(C)Cc2cccc(CN)c2)n1. The molecule has 0 spiro atoms. The van der Waals surface area contributed by atoms with Gasteiger partial charge in [-0.1, -0.05) is 24.3 Å². The predicted octanol–water partition coefficient (Wildman–Crippen LogP) is 2.19. The van der Waals surface area contributed by atoms with E-state index < -0.39 is 0 Å². The van der Waals surface area contributed by atoms with Crippen LogP contribution < -0.4 is 10.6 Å². The Labute approximate surface area is 114 Å². The van der Waals surface area contributed by atoms with E-state index >= 15 is 0 Å². The van der Waals surface area contributed by atoms with E-state index in [-0.39, 0.29) is 0 Å². The summed E-state index contributed by atoms with van der Waals surface area (Å²) in [6.07, 6.45) is 1.79. The third-order valence-corrected chi connectivity index (χ3v) is 3.06. The molecule has 1 aromatic carbocycles. The van der Waals surface area contributed by atoms with Crippen LogP contribution in [0.4, 0.5) is 5.82 Å². The van der Waals surface area contributed by atoms with Crippen molar-refractivity contribution in [3.63, 3.8) is 0 Å². The van der Waals surface area contributed by atoms with Gasteiger partial charge in [-0.3, -0.25) is 4.98 Å². The molecule has 19 heavy (non-hydrogen) atoms. The Balaban J connectivity index is 2.20. The van der Waals surface area contributed by atoms with Crippen LogP contribution >= 0.6 is 0 Å². The van der Waals surface area contributed by atoms with Crippen molar-refractivity contribution in [3.8, 4) is 0 Å². The quantitative estimate of drug-likeness (QED) is 0.911. The molecular weight excluding hydrogens is 236 g/mol. The first-order valence-electron chi connectivity index (χ1n) is 6.39. The molecule has 0 unspecified atom stereocenters. The fraction of sp³-hybridized carbons (Fsp3) is 0.333. The molecule has 4 heteroatoms.